The van der Waals surface area contributed by atoms with Gasteiger partial charge in [0.2, 0.25) is 0 Å². The van der Waals surface area contributed by atoms with Crippen molar-refractivity contribution in [1.82, 2.24) is 20.4 Å². The summed E-state index contributed by atoms with van der Waals surface area (Å²) in [6.07, 6.45) is 12.5. The fourth-order valence-electron chi connectivity index (χ4n) is 4.98. The van der Waals surface area contributed by atoms with Gasteiger partial charge in [0.1, 0.15) is 6.17 Å². The van der Waals surface area contributed by atoms with Crippen molar-refractivity contribution in [1.29, 1.82) is 0 Å². The molecule has 0 radical (unpaired) electrons. The van der Waals surface area contributed by atoms with Crippen LogP contribution in [0.2, 0.25) is 0 Å². The van der Waals surface area contributed by atoms with Gasteiger partial charge in [-0.05, 0) is 48.6 Å². The van der Waals surface area contributed by atoms with Crippen molar-refractivity contribution in [3.63, 3.8) is 0 Å². The summed E-state index contributed by atoms with van der Waals surface area (Å²) in [5, 5.41) is 7.21. The zero-order valence-corrected chi connectivity index (χ0v) is 18.4. The van der Waals surface area contributed by atoms with Gasteiger partial charge < -0.3 is 21.3 Å². The van der Waals surface area contributed by atoms with E-state index in [2.05, 4.69) is 56.9 Å². The van der Waals surface area contributed by atoms with Gasteiger partial charge in [0.05, 0.1) is 0 Å². The first-order valence-corrected chi connectivity index (χ1v) is 12.0. The highest BCUT2D eigenvalue weighted by Gasteiger charge is 2.29. The van der Waals surface area contributed by atoms with E-state index in [1.165, 1.54) is 54.5 Å². The molecular weight excluding hydrogens is 370 g/mol. The maximum Gasteiger partial charge on any atom is 0.108 e. The predicted octanol–water partition coefficient (Wildman–Crippen LogP) is 2.77. The van der Waals surface area contributed by atoms with Gasteiger partial charge in [-0.3, -0.25) is 4.90 Å². The van der Waals surface area contributed by atoms with E-state index < -0.39 is 0 Å². The molecule has 0 aliphatic carbocycles. The van der Waals surface area contributed by atoms with Crippen molar-refractivity contribution in [3.05, 3.63) is 58.8 Å². The Morgan fingerprint density at radius 2 is 1.63 bits per heavy atom. The number of rotatable bonds is 2. The van der Waals surface area contributed by atoms with E-state index in [0.29, 0.717) is 6.54 Å². The lowest BCUT2D eigenvalue weighted by atomic mass is 9.95. The minimum absolute atomic E-state index is 0.248. The molecule has 164 valence electrons. The van der Waals surface area contributed by atoms with Crippen LogP contribution in [-0.4, -0.2) is 62.2 Å². The van der Waals surface area contributed by atoms with E-state index in [9.17, 15) is 0 Å². The lowest BCUT2D eigenvalue weighted by molar-refractivity contribution is 0.0698. The van der Waals surface area contributed by atoms with E-state index in [1.807, 2.05) is 0 Å². The van der Waals surface area contributed by atoms with E-state index in [0.717, 1.165) is 52.2 Å². The molecule has 1 atom stereocenters. The summed E-state index contributed by atoms with van der Waals surface area (Å²) >= 11 is 0. The molecule has 6 heterocycles. The Labute approximate surface area is 182 Å². The number of hydrogen-bond acceptors (Lipinski definition) is 5. The Bertz CT molecular complexity index is 710. The molecule has 0 amide bonds. The fourth-order valence-corrected chi connectivity index (χ4v) is 4.98. The molecule has 1 aromatic carbocycles. The maximum atomic E-state index is 6.23. The third kappa shape index (κ3) is 5.52. The first kappa shape index (κ1) is 21.6. The zero-order valence-electron chi connectivity index (χ0n) is 18.4. The molecule has 6 aliphatic rings. The van der Waals surface area contributed by atoms with Crippen LogP contribution in [0, 0.1) is 0 Å². The predicted molar refractivity (Wildman–Crippen MR) is 125 cm³/mol. The third-order valence-corrected chi connectivity index (χ3v) is 6.66. The molecular formula is C25H39N5. The standard InChI is InChI=1S/C25H39N5/c26-20-24-19-22-10-16-30(24)25(23-8-6-21(18-22)7-9-23)29-15-5-3-1-2-4-11-27-12-13-28-14-17-29/h6-10,19,25,27-28H,1-5,11-18,20,26H2. The van der Waals surface area contributed by atoms with Gasteiger partial charge in [-0.2, -0.15) is 0 Å². The molecule has 5 heteroatoms. The van der Waals surface area contributed by atoms with Gasteiger partial charge in [-0.25, -0.2) is 0 Å². The average Bonchev–Trinajstić information content (AvgIpc) is 2.79. The number of benzene rings is 1. The minimum Gasteiger partial charge on any atom is -0.350 e. The lowest BCUT2D eigenvalue weighted by Crippen LogP contribution is -2.46. The van der Waals surface area contributed by atoms with Crippen LogP contribution in [0.3, 0.4) is 0 Å². The van der Waals surface area contributed by atoms with Crippen molar-refractivity contribution < 1.29 is 0 Å². The highest BCUT2D eigenvalue weighted by molar-refractivity contribution is 5.38. The van der Waals surface area contributed by atoms with E-state index in [1.54, 1.807) is 0 Å². The number of nitrogens with zero attached hydrogens (tertiary/aromatic N) is 2. The molecule has 1 saturated heterocycles. The summed E-state index contributed by atoms with van der Waals surface area (Å²) in [6, 6.07) is 9.32. The van der Waals surface area contributed by atoms with Crippen LogP contribution >= 0.6 is 0 Å². The van der Waals surface area contributed by atoms with Crippen molar-refractivity contribution >= 4 is 0 Å². The summed E-state index contributed by atoms with van der Waals surface area (Å²) in [5.41, 5.74) is 11.7. The Morgan fingerprint density at radius 3 is 2.47 bits per heavy atom. The number of allylic oxidation sites excluding steroid dienone is 2. The quantitative estimate of drug-likeness (QED) is 0.701. The molecule has 30 heavy (non-hydrogen) atoms. The molecule has 1 fully saturated rings. The Hall–Kier alpha value is -1.66. The second-order valence-electron chi connectivity index (χ2n) is 8.87. The Kier molecular flexibility index (Phi) is 7.98. The first-order chi connectivity index (χ1) is 14.8. The van der Waals surface area contributed by atoms with Crippen molar-refractivity contribution in [2.75, 3.05) is 52.4 Å². The van der Waals surface area contributed by atoms with Gasteiger partial charge in [0.15, 0.2) is 0 Å². The second-order valence-corrected chi connectivity index (χ2v) is 8.87. The van der Waals surface area contributed by atoms with Crippen molar-refractivity contribution in [3.8, 4) is 0 Å². The maximum absolute atomic E-state index is 6.23. The Morgan fingerprint density at radius 1 is 0.867 bits per heavy atom. The summed E-state index contributed by atoms with van der Waals surface area (Å²) in [7, 11) is 0. The van der Waals surface area contributed by atoms with Crippen LogP contribution in [0.1, 0.15) is 49.4 Å². The summed E-state index contributed by atoms with van der Waals surface area (Å²) < 4.78 is 0. The van der Waals surface area contributed by atoms with Crippen LogP contribution < -0.4 is 16.4 Å². The molecule has 6 aliphatic heterocycles. The van der Waals surface area contributed by atoms with Crippen LogP contribution in [0.25, 0.3) is 0 Å². The van der Waals surface area contributed by atoms with Crippen LogP contribution in [-0.2, 0) is 6.42 Å². The highest BCUT2D eigenvalue weighted by atomic mass is 15.4. The van der Waals surface area contributed by atoms with E-state index >= 15 is 0 Å². The van der Waals surface area contributed by atoms with Gasteiger partial charge in [-0.1, -0.05) is 49.6 Å². The lowest BCUT2D eigenvalue weighted by Gasteiger charge is -2.44. The summed E-state index contributed by atoms with van der Waals surface area (Å²) in [5.74, 6) is 0. The Balaban J connectivity index is 1.58. The van der Waals surface area contributed by atoms with Gasteiger partial charge in [0.25, 0.3) is 0 Å². The summed E-state index contributed by atoms with van der Waals surface area (Å²) in [6.45, 7) is 8.02. The molecule has 4 N–H and O–H groups in total. The van der Waals surface area contributed by atoms with E-state index in [4.69, 9.17) is 5.73 Å². The molecule has 7 rings (SSSR count). The SMILES string of the molecule is NCC1=CC2=CCN1C(N1CCCCCCCNCCNCC1)c1ccc(cc1)C2. The third-order valence-electron chi connectivity index (χ3n) is 6.66. The minimum atomic E-state index is 0.248. The van der Waals surface area contributed by atoms with Crippen molar-refractivity contribution in [2.24, 2.45) is 5.73 Å². The second kappa shape index (κ2) is 11.1. The van der Waals surface area contributed by atoms with Gasteiger partial charge in [0, 0.05) is 51.5 Å². The molecule has 4 bridgehead atoms. The van der Waals surface area contributed by atoms with Crippen molar-refractivity contribution in [2.45, 2.75) is 44.7 Å². The monoisotopic (exact) mass is 409 g/mol. The molecule has 1 aromatic rings. The number of nitrogens with two attached hydrogens (primary N) is 1. The summed E-state index contributed by atoms with van der Waals surface area (Å²) in [4.78, 5) is 5.22. The largest absolute Gasteiger partial charge is 0.350 e. The van der Waals surface area contributed by atoms with Crippen LogP contribution in [0.15, 0.2) is 47.7 Å². The smallest absolute Gasteiger partial charge is 0.108 e. The molecule has 0 saturated carbocycles. The van der Waals surface area contributed by atoms with Crippen LogP contribution in [0.5, 0.6) is 0 Å². The van der Waals surface area contributed by atoms with E-state index in [-0.39, 0.29) is 6.17 Å². The fraction of sp³-hybridized carbons (Fsp3) is 0.600. The highest BCUT2D eigenvalue weighted by Crippen LogP contribution is 2.33. The number of hydrogen-bond donors (Lipinski definition) is 3. The molecule has 5 nitrogen and oxygen atoms in total. The van der Waals surface area contributed by atoms with Crippen LogP contribution in [0.4, 0.5) is 0 Å². The average molecular weight is 410 g/mol. The van der Waals surface area contributed by atoms with Gasteiger partial charge >= 0.3 is 0 Å². The molecule has 1 unspecified atom stereocenters. The normalized spacial score (nSPS) is 24.8. The number of nitrogens with one attached hydrogen (secondary N) is 2. The molecule has 0 spiro atoms. The first-order valence-electron chi connectivity index (χ1n) is 12.0. The topological polar surface area (TPSA) is 56.6 Å². The van der Waals surface area contributed by atoms with Gasteiger partial charge in [-0.15, -0.1) is 0 Å². The molecule has 0 aromatic heterocycles. The zero-order chi connectivity index (χ0) is 20.6.